The second-order valence-corrected chi connectivity index (χ2v) is 11.6. The number of fused-ring (bicyclic) bond motifs is 1. The van der Waals surface area contributed by atoms with Crippen LogP contribution < -0.4 is 20.8 Å². The molecule has 2 fully saturated rings. The van der Waals surface area contributed by atoms with Gasteiger partial charge in [0.1, 0.15) is 0 Å². The van der Waals surface area contributed by atoms with Crippen LogP contribution in [0.4, 0.5) is 4.79 Å². The van der Waals surface area contributed by atoms with Crippen LogP contribution in [0.3, 0.4) is 0 Å². The van der Waals surface area contributed by atoms with Crippen LogP contribution in [0.25, 0.3) is 0 Å². The van der Waals surface area contributed by atoms with E-state index in [4.69, 9.17) is 0 Å². The minimum atomic E-state index is -0.979. The zero-order valence-corrected chi connectivity index (χ0v) is 25.5. The summed E-state index contributed by atoms with van der Waals surface area (Å²) in [6.45, 7) is 2.27. The number of rotatable bonds is 21. The molecule has 0 aromatic carbocycles. The average Bonchev–Trinajstić information content (AvgIpc) is 3.38. The summed E-state index contributed by atoms with van der Waals surface area (Å²) < 4.78 is 0. The number of hydrogen-bond donors (Lipinski definition) is 2. The Morgan fingerprint density at radius 2 is 1.16 bits per heavy atom. The smallest absolute Gasteiger partial charge is 0.550 e. The number of carbonyl (C=O) groups excluding carboxylic acids is 3. The summed E-state index contributed by atoms with van der Waals surface area (Å²) >= 11 is 1.85. The Hall–Kier alpha value is -0.674. The predicted octanol–water partition coefficient (Wildman–Crippen LogP) is 4.08. The molecule has 0 spiro atoms. The van der Waals surface area contributed by atoms with E-state index in [1.54, 1.807) is 0 Å². The first-order chi connectivity index (χ1) is 17.4. The van der Waals surface area contributed by atoms with E-state index < -0.39 is 11.9 Å². The van der Waals surface area contributed by atoms with Gasteiger partial charge in [0.25, 0.3) is 0 Å². The minimum absolute atomic E-state index is 0. The van der Waals surface area contributed by atoms with Crippen LogP contribution in [0, 0.1) is 0 Å². The summed E-state index contributed by atoms with van der Waals surface area (Å²) in [5.74, 6) is -0.929. The van der Waals surface area contributed by atoms with Gasteiger partial charge in [0, 0.05) is 22.9 Å². The standard InChI is InChI=1S/C18H36O2.C10H16N2O3S.Mg/c1-2-3-4-5-6-7-8-9-10-11-12-13-14-15-16-17-18(19)20;13-8(14)4-2-1-3-7-9-6(5-16-7)11-10(15)12-9;/h2-17H2,1H3,(H,19,20);6-7,9H,1-5H2,(H,13,14)(H2,11,12,15);/q;;+2/p-2/t;6-,7-,9-;/m.0./s1. The number of unbranched alkanes of at least 4 members (excludes halogenated alkanes) is 15. The van der Waals surface area contributed by atoms with Crippen LogP contribution in [-0.4, -0.2) is 64.1 Å². The molecule has 37 heavy (non-hydrogen) atoms. The third kappa shape index (κ3) is 20.0. The van der Waals surface area contributed by atoms with Crippen molar-refractivity contribution in [2.45, 2.75) is 153 Å². The van der Waals surface area contributed by atoms with Crippen LogP contribution in [0.1, 0.15) is 135 Å². The topological polar surface area (TPSA) is 121 Å². The predicted molar refractivity (Wildman–Crippen MR) is 149 cm³/mol. The summed E-state index contributed by atoms with van der Waals surface area (Å²) in [5.41, 5.74) is 0. The van der Waals surface area contributed by atoms with E-state index in [1.807, 2.05) is 11.8 Å². The molecular formula is C28H50MgN2O5S. The van der Waals surface area contributed by atoms with Crippen LogP contribution >= 0.6 is 11.8 Å². The maximum atomic E-state index is 11.1. The van der Waals surface area contributed by atoms with Crippen molar-refractivity contribution < 1.29 is 24.6 Å². The molecule has 9 heteroatoms. The number of carbonyl (C=O) groups is 3. The summed E-state index contributed by atoms with van der Waals surface area (Å²) in [6.07, 6.45) is 22.5. The zero-order valence-electron chi connectivity index (χ0n) is 23.2. The molecule has 0 aromatic heterocycles. The van der Waals surface area contributed by atoms with E-state index in [0.717, 1.165) is 31.4 Å². The Morgan fingerprint density at radius 3 is 1.62 bits per heavy atom. The number of carboxylic acid groups (broad SMARTS) is 2. The number of hydrogen-bond acceptors (Lipinski definition) is 6. The minimum Gasteiger partial charge on any atom is -0.550 e. The number of thioether (sulfide) groups is 1. The first-order valence-electron chi connectivity index (χ1n) is 14.5. The van der Waals surface area contributed by atoms with Gasteiger partial charge < -0.3 is 30.4 Å². The Kier molecular flexibility index (Phi) is 23.9. The maximum Gasteiger partial charge on any atom is 2.00 e. The number of urea groups is 1. The molecule has 2 heterocycles. The monoisotopic (exact) mass is 550 g/mol. The molecule has 2 amide bonds. The molecule has 2 N–H and O–H groups in total. The van der Waals surface area contributed by atoms with E-state index in [9.17, 15) is 24.6 Å². The molecule has 0 saturated carbocycles. The summed E-state index contributed by atoms with van der Waals surface area (Å²) in [5, 5.41) is 26.7. The zero-order chi connectivity index (χ0) is 26.4. The van der Waals surface area contributed by atoms with E-state index >= 15 is 0 Å². The summed E-state index contributed by atoms with van der Waals surface area (Å²) in [7, 11) is 0. The number of carboxylic acids is 2. The van der Waals surface area contributed by atoms with Crippen LogP contribution in [-0.2, 0) is 9.59 Å². The normalized spacial score (nSPS) is 19.7. The first kappa shape index (κ1) is 36.3. The van der Waals surface area contributed by atoms with Gasteiger partial charge >= 0.3 is 29.1 Å². The van der Waals surface area contributed by atoms with Crippen LogP contribution in [0.2, 0.25) is 0 Å². The maximum absolute atomic E-state index is 11.1. The van der Waals surface area contributed by atoms with Gasteiger partial charge in [0.2, 0.25) is 0 Å². The second kappa shape index (κ2) is 24.4. The molecule has 0 radical (unpaired) electrons. The molecule has 0 aliphatic carbocycles. The first-order valence-corrected chi connectivity index (χ1v) is 15.6. The Morgan fingerprint density at radius 1 is 0.730 bits per heavy atom. The molecule has 7 nitrogen and oxygen atoms in total. The third-order valence-electron chi connectivity index (χ3n) is 7.04. The molecule has 0 aromatic rings. The number of aliphatic carboxylic acids is 2. The van der Waals surface area contributed by atoms with Gasteiger partial charge in [0.15, 0.2) is 0 Å². The van der Waals surface area contributed by atoms with E-state index in [0.29, 0.717) is 11.7 Å². The van der Waals surface area contributed by atoms with Gasteiger partial charge in [-0.1, -0.05) is 103 Å². The van der Waals surface area contributed by atoms with Gasteiger partial charge in [-0.15, -0.1) is 0 Å². The van der Waals surface area contributed by atoms with E-state index in [-0.39, 0.29) is 54.0 Å². The molecule has 0 unspecified atom stereocenters. The van der Waals surface area contributed by atoms with Crippen LogP contribution in [0.5, 0.6) is 0 Å². The van der Waals surface area contributed by atoms with E-state index in [2.05, 4.69) is 17.6 Å². The Bertz CT molecular complexity index is 611. The summed E-state index contributed by atoms with van der Waals surface area (Å²) in [6, 6.07) is 0.402. The molecular weight excluding hydrogens is 501 g/mol. The van der Waals surface area contributed by atoms with Gasteiger partial charge in [-0.25, -0.2) is 4.79 Å². The Balaban J connectivity index is 0.000000694. The van der Waals surface area contributed by atoms with Crippen molar-refractivity contribution >= 4 is 52.8 Å². The van der Waals surface area contributed by atoms with Gasteiger partial charge in [-0.3, -0.25) is 0 Å². The summed E-state index contributed by atoms with van der Waals surface area (Å²) in [4.78, 5) is 31.6. The largest absolute Gasteiger partial charge is 2.00 e. The van der Waals surface area contributed by atoms with Crippen molar-refractivity contribution in [2.75, 3.05) is 5.75 Å². The molecule has 210 valence electrons. The second-order valence-electron chi connectivity index (χ2n) is 10.3. The molecule has 0 bridgehead atoms. The van der Waals surface area contributed by atoms with Crippen molar-refractivity contribution in [1.29, 1.82) is 0 Å². The number of nitrogens with one attached hydrogen (secondary N) is 2. The Labute approximate surface area is 245 Å². The van der Waals surface area contributed by atoms with Crippen molar-refractivity contribution in [2.24, 2.45) is 0 Å². The van der Waals surface area contributed by atoms with Crippen molar-refractivity contribution in [3.63, 3.8) is 0 Å². The number of amides is 2. The molecule has 2 aliphatic heterocycles. The van der Waals surface area contributed by atoms with Crippen molar-refractivity contribution in [1.82, 2.24) is 10.6 Å². The fraction of sp³-hybridized carbons (Fsp3) is 0.893. The van der Waals surface area contributed by atoms with Crippen molar-refractivity contribution in [3.05, 3.63) is 0 Å². The third-order valence-corrected chi connectivity index (χ3v) is 8.55. The average molecular weight is 551 g/mol. The molecule has 3 atom stereocenters. The fourth-order valence-corrected chi connectivity index (χ4v) is 6.44. The van der Waals surface area contributed by atoms with Gasteiger partial charge in [-0.05, 0) is 32.1 Å². The SMILES string of the molecule is CCCCCCCCCCCCCCCCCC(=O)[O-].O=C([O-])CCCC[C@@H]1SC[C@@H]2NC(=O)N[C@@H]21.[Mg+2]. The molecule has 2 saturated heterocycles. The fourth-order valence-electron chi connectivity index (χ4n) is 4.90. The quantitative estimate of drug-likeness (QED) is 0.126. The van der Waals surface area contributed by atoms with Crippen LogP contribution in [0.15, 0.2) is 0 Å². The van der Waals surface area contributed by atoms with Crippen molar-refractivity contribution in [3.8, 4) is 0 Å². The van der Waals surface area contributed by atoms with Gasteiger partial charge in [-0.2, -0.15) is 11.8 Å². The van der Waals surface area contributed by atoms with E-state index in [1.165, 1.54) is 83.5 Å². The van der Waals surface area contributed by atoms with Gasteiger partial charge in [0.05, 0.1) is 12.1 Å². The molecule has 2 rings (SSSR count). The molecule has 2 aliphatic rings.